The smallest absolute Gasteiger partial charge is 0.305 e. The molecule has 0 aliphatic carbocycles. The Morgan fingerprint density at radius 3 is 2.36 bits per heavy atom. The van der Waals surface area contributed by atoms with Gasteiger partial charge in [0.05, 0.1) is 18.7 Å². The van der Waals surface area contributed by atoms with Crippen molar-refractivity contribution in [2.24, 2.45) is 0 Å². The molecule has 0 saturated carbocycles. The second kappa shape index (κ2) is 8.01. The second-order valence-corrected chi connectivity index (χ2v) is 7.17. The lowest BCUT2D eigenvalue weighted by Gasteiger charge is -2.22. The van der Waals surface area contributed by atoms with E-state index in [4.69, 9.17) is 9.52 Å². The molecule has 0 radical (unpaired) electrons. The maximum atomic E-state index is 12.2. The van der Waals surface area contributed by atoms with E-state index in [0.29, 0.717) is 6.42 Å². The molecule has 1 heterocycles. The Hall–Kier alpha value is -2.56. The Morgan fingerprint density at radius 1 is 1.16 bits per heavy atom. The topological polar surface area (TPSA) is 79.5 Å². The lowest BCUT2D eigenvalue weighted by molar-refractivity contribution is -0.137. The fourth-order valence-corrected chi connectivity index (χ4v) is 2.60. The fraction of sp³-hybridized carbons (Fsp3) is 0.400. The highest BCUT2D eigenvalue weighted by molar-refractivity contribution is 5.78. The lowest BCUT2D eigenvalue weighted by Crippen LogP contribution is -2.30. The minimum Gasteiger partial charge on any atom is -0.481 e. The van der Waals surface area contributed by atoms with E-state index in [1.807, 2.05) is 30.3 Å². The predicted octanol–water partition coefficient (Wildman–Crippen LogP) is 3.84. The summed E-state index contributed by atoms with van der Waals surface area (Å²) in [5.41, 5.74) is 1.98. The molecule has 1 unspecified atom stereocenters. The third kappa shape index (κ3) is 5.78. The number of hydrogen-bond acceptors (Lipinski definition) is 3. The third-order valence-electron chi connectivity index (χ3n) is 4.07. The summed E-state index contributed by atoms with van der Waals surface area (Å²) in [4.78, 5) is 23.4. The molecule has 2 aromatic rings. The minimum absolute atomic E-state index is 0.0209. The van der Waals surface area contributed by atoms with E-state index in [9.17, 15) is 9.59 Å². The van der Waals surface area contributed by atoms with Crippen LogP contribution in [0.3, 0.4) is 0 Å². The van der Waals surface area contributed by atoms with Gasteiger partial charge in [-0.25, -0.2) is 0 Å². The first-order valence-electron chi connectivity index (χ1n) is 8.39. The van der Waals surface area contributed by atoms with Gasteiger partial charge in [-0.2, -0.15) is 0 Å². The number of amides is 1. The molecule has 0 aliphatic heterocycles. The van der Waals surface area contributed by atoms with Crippen LogP contribution >= 0.6 is 0 Å². The number of rotatable bonds is 7. The van der Waals surface area contributed by atoms with Crippen molar-refractivity contribution in [2.45, 2.75) is 51.5 Å². The van der Waals surface area contributed by atoms with Gasteiger partial charge in [0.1, 0.15) is 5.76 Å². The molecule has 2 N–H and O–H groups in total. The highest BCUT2D eigenvalue weighted by Crippen LogP contribution is 2.25. The zero-order valence-corrected chi connectivity index (χ0v) is 14.9. The molecule has 25 heavy (non-hydrogen) atoms. The summed E-state index contributed by atoms with van der Waals surface area (Å²) in [6, 6.07) is 10.8. The Labute approximate surface area is 148 Å². The van der Waals surface area contributed by atoms with Crippen molar-refractivity contribution in [3.05, 3.63) is 59.5 Å². The van der Waals surface area contributed by atoms with Crippen LogP contribution in [0.2, 0.25) is 0 Å². The van der Waals surface area contributed by atoms with Gasteiger partial charge in [0, 0.05) is 12.8 Å². The van der Waals surface area contributed by atoms with E-state index in [-0.39, 0.29) is 24.2 Å². The van der Waals surface area contributed by atoms with Crippen LogP contribution in [0.25, 0.3) is 0 Å². The summed E-state index contributed by atoms with van der Waals surface area (Å²) in [6.45, 7) is 6.35. The minimum atomic E-state index is -0.948. The average molecular weight is 343 g/mol. The van der Waals surface area contributed by atoms with E-state index in [1.165, 1.54) is 0 Å². The van der Waals surface area contributed by atoms with Crippen LogP contribution in [0.1, 0.15) is 56.5 Å². The predicted molar refractivity (Wildman–Crippen MR) is 95.3 cm³/mol. The van der Waals surface area contributed by atoms with Gasteiger partial charge < -0.3 is 14.8 Å². The van der Waals surface area contributed by atoms with Crippen LogP contribution in [-0.4, -0.2) is 17.0 Å². The molecule has 2 rings (SSSR count). The van der Waals surface area contributed by atoms with Gasteiger partial charge in [-0.15, -0.1) is 0 Å². The van der Waals surface area contributed by atoms with E-state index in [1.54, 1.807) is 12.3 Å². The number of carbonyl (C=O) groups excluding carboxylic acids is 1. The molecule has 1 aromatic carbocycles. The zero-order chi connectivity index (χ0) is 18.4. The molecule has 5 nitrogen and oxygen atoms in total. The van der Waals surface area contributed by atoms with Gasteiger partial charge in [-0.05, 0) is 28.7 Å². The van der Waals surface area contributed by atoms with Crippen LogP contribution in [-0.2, 0) is 21.4 Å². The Morgan fingerprint density at radius 2 is 1.84 bits per heavy atom. The number of aliphatic carboxylic acids is 1. The quantitative estimate of drug-likeness (QED) is 0.800. The summed E-state index contributed by atoms with van der Waals surface area (Å²) in [7, 11) is 0. The fourth-order valence-electron chi connectivity index (χ4n) is 2.60. The van der Waals surface area contributed by atoms with Crippen LogP contribution in [0, 0.1) is 0 Å². The Kier molecular flexibility index (Phi) is 6.02. The molecule has 134 valence electrons. The number of hydrogen-bond donors (Lipinski definition) is 2. The normalized spacial score (nSPS) is 12.6. The van der Waals surface area contributed by atoms with E-state index in [0.717, 1.165) is 16.9 Å². The second-order valence-electron chi connectivity index (χ2n) is 7.17. The molecule has 1 aromatic heterocycles. The van der Waals surface area contributed by atoms with Crippen LogP contribution in [0.5, 0.6) is 0 Å². The summed E-state index contributed by atoms with van der Waals surface area (Å²) in [5.74, 6) is -0.404. The van der Waals surface area contributed by atoms with Crippen molar-refractivity contribution in [2.75, 3.05) is 0 Å². The molecule has 0 bridgehead atoms. The van der Waals surface area contributed by atoms with E-state index in [2.05, 4.69) is 26.1 Å². The zero-order valence-electron chi connectivity index (χ0n) is 14.9. The molecule has 5 heteroatoms. The number of carbonyl (C=O) groups is 2. The van der Waals surface area contributed by atoms with Crippen molar-refractivity contribution in [1.82, 2.24) is 5.32 Å². The molecule has 0 spiro atoms. The largest absolute Gasteiger partial charge is 0.481 e. The van der Waals surface area contributed by atoms with Gasteiger partial charge in [0.25, 0.3) is 0 Å². The van der Waals surface area contributed by atoms with Crippen molar-refractivity contribution in [1.29, 1.82) is 0 Å². The Bertz CT molecular complexity index is 696. The van der Waals surface area contributed by atoms with E-state index >= 15 is 0 Å². The SMILES string of the molecule is CC(C)(C)c1ccc(C(CC(=O)O)NC(=O)CCc2ccco2)cc1. The van der Waals surface area contributed by atoms with Gasteiger partial charge >= 0.3 is 5.97 Å². The van der Waals surface area contributed by atoms with Crippen LogP contribution in [0.15, 0.2) is 47.1 Å². The maximum absolute atomic E-state index is 12.2. The number of furan rings is 1. The first kappa shape index (κ1) is 18.8. The van der Waals surface area contributed by atoms with Crippen molar-refractivity contribution < 1.29 is 19.1 Å². The summed E-state index contributed by atoms with van der Waals surface area (Å²) in [6.07, 6.45) is 2.16. The summed E-state index contributed by atoms with van der Waals surface area (Å²) in [5, 5.41) is 12.0. The molecular formula is C20H25NO4. The van der Waals surface area contributed by atoms with Gasteiger partial charge in [0.2, 0.25) is 5.91 Å². The summed E-state index contributed by atoms with van der Waals surface area (Å²) >= 11 is 0. The van der Waals surface area contributed by atoms with Crippen molar-refractivity contribution in [3.8, 4) is 0 Å². The monoisotopic (exact) mass is 343 g/mol. The Balaban J connectivity index is 2.04. The number of carboxylic acids is 1. The number of nitrogens with one attached hydrogen (secondary N) is 1. The molecule has 0 aliphatic rings. The first-order chi connectivity index (χ1) is 11.8. The molecule has 1 atom stereocenters. The summed E-state index contributed by atoms with van der Waals surface area (Å²) < 4.78 is 5.21. The molecular weight excluding hydrogens is 318 g/mol. The van der Waals surface area contributed by atoms with Crippen molar-refractivity contribution in [3.63, 3.8) is 0 Å². The molecule has 0 fully saturated rings. The van der Waals surface area contributed by atoms with Crippen molar-refractivity contribution >= 4 is 11.9 Å². The molecule has 1 amide bonds. The standard InChI is InChI=1S/C20H25NO4/c1-20(2,3)15-8-6-14(7-9-15)17(13-19(23)24)21-18(22)11-10-16-5-4-12-25-16/h4-9,12,17H,10-11,13H2,1-3H3,(H,21,22)(H,23,24). The highest BCUT2D eigenvalue weighted by Gasteiger charge is 2.20. The van der Waals surface area contributed by atoms with Gasteiger partial charge in [-0.1, -0.05) is 45.0 Å². The van der Waals surface area contributed by atoms with E-state index < -0.39 is 12.0 Å². The maximum Gasteiger partial charge on any atom is 0.305 e. The number of aryl methyl sites for hydroxylation is 1. The van der Waals surface area contributed by atoms with Crippen LogP contribution < -0.4 is 5.32 Å². The van der Waals surface area contributed by atoms with Crippen LogP contribution in [0.4, 0.5) is 0 Å². The van der Waals surface area contributed by atoms with Gasteiger partial charge in [0.15, 0.2) is 0 Å². The van der Waals surface area contributed by atoms with Gasteiger partial charge in [-0.3, -0.25) is 9.59 Å². The average Bonchev–Trinajstić information content (AvgIpc) is 3.04. The third-order valence-corrected chi connectivity index (χ3v) is 4.07. The number of benzene rings is 1. The molecule has 0 saturated heterocycles. The highest BCUT2D eigenvalue weighted by atomic mass is 16.4. The first-order valence-corrected chi connectivity index (χ1v) is 8.39. The lowest BCUT2D eigenvalue weighted by atomic mass is 9.86. The number of carboxylic acid groups (broad SMARTS) is 1.